The summed E-state index contributed by atoms with van der Waals surface area (Å²) in [4.78, 5) is 0. The van der Waals surface area contributed by atoms with Gasteiger partial charge in [0.25, 0.3) is 0 Å². The molecule has 0 spiro atoms. The number of benzene rings is 1. The van der Waals surface area contributed by atoms with Gasteiger partial charge in [0.2, 0.25) is 0 Å². The van der Waals surface area contributed by atoms with E-state index in [-0.39, 0.29) is 6.29 Å². The minimum Gasteiger partial charge on any atom is -0.497 e. The van der Waals surface area contributed by atoms with Gasteiger partial charge < -0.3 is 14.2 Å². The van der Waals surface area contributed by atoms with Crippen molar-refractivity contribution in [1.82, 2.24) is 0 Å². The van der Waals surface area contributed by atoms with Crippen molar-refractivity contribution in [2.75, 3.05) is 13.7 Å². The van der Waals surface area contributed by atoms with Crippen molar-refractivity contribution in [3.8, 4) is 5.75 Å². The van der Waals surface area contributed by atoms with Gasteiger partial charge in [0.15, 0.2) is 6.29 Å². The molecule has 1 aliphatic heterocycles. The van der Waals surface area contributed by atoms with Crippen LogP contribution in [-0.4, -0.2) is 26.1 Å². The molecule has 2 aliphatic rings. The lowest BCUT2D eigenvalue weighted by Crippen LogP contribution is -2.38. The maximum atomic E-state index is 6.54. The SMILES string of the molecule is COc1ccc(/C=C\[C@@H]2CCO[C@H]2O[C@H]2C[C@@H](C)CC[C@@H]2C(C)C)cc1. The quantitative estimate of drug-likeness (QED) is 0.667. The Hall–Kier alpha value is -1.32. The number of rotatable bonds is 6. The minimum atomic E-state index is -0.0963. The van der Waals surface area contributed by atoms with Gasteiger partial charge in [-0.2, -0.15) is 0 Å². The molecule has 0 N–H and O–H groups in total. The van der Waals surface area contributed by atoms with Gasteiger partial charge in [0.1, 0.15) is 5.75 Å². The van der Waals surface area contributed by atoms with Crippen LogP contribution in [0.25, 0.3) is 6.08 Å². The van der Waals surface area contributed by atoms with Gasteiger partial charge >= 0.3 is 0 Å². The van der Waals surface area contributed by atoms with Crippen molar-refractivity contribution in [3.63, 3.8) is 0 Å². The van der Waals surface area contributed by atoms with E-state index in [0.29, 0.717) is 23.9 Å². The molecule has 1 aliphatic carbocycles. The summed E-state index contributed by atoms with van der Waals surface area (Å²) in [7, 11) is 1.69. The van der Waals surface area contributed by atoms with Crippen LogP contribution >= 0.6 is 0 Å². The zero-order chi connectivity index (χ0) is 18.5. The topological polar surface area (TPSA) is 27.7 Å². The summed E-state index contributed by atoms with van der Waals surface area (Å²) in [5.74, 6) is 3.30. The summed E-state index contributed by atoms with van der Waals surface area (Å²) < 4.78 is 17.7. The van der Waals surface area contributed by atoms with E-state index in [1.54, 1.807) is 7.11 Å². The molecule has 0 radical (unpaired) electrons. The summed E-state index contributed by atoms with van der Waals surface area (Å²) in [5, 5.41) is 0. The molecule has 0 unspecified atom stereocenters. The fourth-order valence-electron chi connectivity index (χ4n) is 4.30. The average molecular weight is 359 g/mol. The van der Waals surface area contributed by atoms with Crippen LogP contribution in [0.3, 0.4) is 0 Å². The third-order valence-corrected chi connectivity index (χ3v) is 6.00. The molecular formula is C23H34O3. The Morgan fingerprint density at radius 2 is 1.88 bits per heavy atom. The molecule has 0 bridgehead atoms. The highest BCUT2D eigenvalue weighted by molar-refractivity contribution is 5.50. The molecule has 1 heterocycles. The summed E-state index contributed by atoms with van der Waals surface area (Å²) in [6, 6.07) is 8.15. The first-order chi connectivity index (χ1) is 12.6. The third-order valence-electron chi connectivity index (χ3n) is 6.00. The molecule has 1 aromatic carbocycles. The van der Waals surface area contributed by atoms with E-state index in [9.17, 15) is 0 Å². The van der Waals surface area contributed by atoms with Gasteiger partial charge in [-0.15, -0.1) is 0 Å². The summed E-state index contributed by atoms with van der Waals surface area (Å²) in [5.41, 5.74) is 1.18. The molecule has 1 saturated carbocycles. The first-order valence-corrected chi connectivity index (χ1v) is 10.2. The molecule has 3 heteroatoms. The summed E-state index contributed by atoms with van der Waals surface area (Å²) in [6.07, 6.45) is 9.48. The number of ether oxygens (including phenoxy) is 3. The van der Waals surface area contributed by atoms with Crippen molar-refractivity contribution in [2.45, 2.75) is 58.8 Å². The molecule has 2 fully saturated rings. The van der Waals surface area contributed by atoms with E-state index in [0.717, 1.165) is 31.1 Å². The molecule has 144 valence electrons. The number of hydrogen-bond acceptors (Lipinski definition) is 3. The Balaban J connectivity index is 1.62. The number of hydrogen-bond donors (Lipinski definition) is 0. The first-order valence-electron chi connectivity index (χ1n) is 10.2. The zero-order valence-corrected chi connectivity index (χ0v) is 16.7. The molecule has 0 aromatic heterocycles. The highest BCUT2D eigenvalue weighted by Crippen LogP contribution is 2.38. The Morgan fingerprint density at radius 3 is 2.58 bits per heavy atom. The minimum absolute atomic E-state index is 0.0963. The van der Waals surface area contributed by atoms with Crippen LogP contribution in [0.1, 0.15) is 52.0 Å². The van der Waals surface area contributed by atoms with Crippen LogP contribution < -0.4 is 4.74 Å². The maximum Gasteiger partial charge on any atom is 0.164 e. The van der Waals surface area contributed by atoms with E-state index in [1.807, 2.05) is 12.1 Å². The monoisotopic (exact) mass is 358 g/mol. The van der Waals surface area contributed by atoms with E-state index >= 15 is 0 Å². The Morgan fingerprint density at radius 1 is 1.12 bits per heavy atom. The first kappa shape index (κ1) is 19.4. The Labute approximate surface area is 158 Å². The fourth-order valence-corrected chi connectivity index (χ4v) is 4.30. The highest BCUT2D eigenvalue weighted by atomic mass is 16.7. The van der Waals surface area contributed by atoms with Crippen LogP contribution in [0.4, 0.5) is 0 Å². The van der Waals surface area contributed by atoms with Crippen molar-refractivity contribution < 1.29 is 14.2 Å². The molecule has 0 amide bonds. The fraction of sp³-hybridized carbons (Fsp3) is 0.652. The Kier molecular flexibility index (Phi) is 6.77. The van der Waals surface area contributed by atoms with Crippen molar-refractivity contribution >= 4 is 6.08 Å². The summed E-state index contributed by atoms with van der Waals surface area (Å²) >= 11 is 0. The normalized spacial score (nSPS) is 32.4. The molecule has 5 atom stereocenters. The lowest BCUT2D eigenvalue weighted by Gasteiger charge is -2.38. The molecule has 26 heavy (non-hydrogen) atoms. The van der Waals surface area contributed by atoms with Gasteiger partial charge in [0, 0.05) is 5.92 Å². The Bertz CT molecular complexity index is 578. The van der Waals surface area contributed by atoms with Gasteiger partial charge in [-0.1, -0.05) is 51.5 Å². The standard InChI is InChI=1S/C23H34O3/c1-16(2)21-12-5-17(3)15-22(21)26-23-19(13-14-25-23)9-6-18-7-10-20(24-4)11-8-18/h6-11,16-17,19,21-23H,5,12-15H2,1-4H3/b9-6-/t17-,19+,21+,22-,23-/m0/s1. The molecular weight excluding hydrogens is 324 g/mol. The van der Waals surface area contributed by atoms with Gasteiger partial charge in [-0.3, -0.25) is 0 Å². The van der Waals surface area contributed by atoms with Crippen LogP contribution in [0.2, 0.25) is 0 Å². The maximum absolute atomic E-state index is 6.54. The van der Waals surface area contributed by atoms with Gasteiger partial charge in [-0.05, 0) is 54.7 Å². The van der Waals surface area contributed by atoms with Crippen LogP contribution in [0.15, 0.2) is 30.3 Å². The second-order valence-corrected chi connectivity index (χ2v) is 8.32. The third kappa shape index (κ3) is 4.89. The molecule has 3 nitrogen and oxygen atoms in total. The molecule has 1 aromatic rings. The van der Waals surface area contributed by atoms with Crippen molar-refractivity contribution in [3.05, 3.63) is 35.9 Å². The van der Waals surface area contributed by atoms with E-state index in [1.165, 1.54) is 18.4 Å². The van der Waals surface area contributed by atoms with E-state index in [2.05, 4.69) is 45.1 Å². The van der Waals surface area contributed by atoms with Gasteiger partial charge in [-0.25, -0.2) is 0 Å². The smallest absolute Gasteiger partial charge is 0.164 e. The van der Waals surface area contributed by atoms with E-state index in [4.69, 9.17) is 14.2 Å². The van der Waals surface area contributed by atoms with E-state index < -0.39 is 0 Å². The largest absolute Gasteiger partial charge is 0.497 e. The predicted molar refractivity (Wildman–Crippen MR) is 106 cm³/mol. The van der Waals surface area contributed by atoms with Gasteiger partial charge in [0.05, 0.1) is 19.8 Å². The summed E-state index contributed by atoms with van der Waals surface area (Å²) in [6.45, 7) is 7.79. The van der Waals surface area contributed by atoms with Crippen molar-refractivity contribution in [2.24, 2.45) is 23.7 Å². The second kappa shape index (κ2) is 9.05. The predicted octanol–water partition coefficient (Wildman–Crippen LogP) is 5.55. The average Bonchev–Trinajstić information content (AvgIpc) is 3.07. The lowest BCUT2D eigenvalue weighted by atomic mass is 9.75. The molecule has 3 rings (SSSR count). The molecule has 1 saturated heterocycles. The highest BCUT2D eigenvalue weighted by Gasteiger charge is 2.36. The van der Waals surface area contributed by atoms with Crippen molar-refractivity contribution in [1.29, 1.82) is 0 Å². The van der Waals surface area contributed by atoms with Crippen LogP contribution in [0, 0.1) is 23.7 Å². The van der Waals surface area contributed by atoms with Crippen LogP contribution in [0.5, 0.6) is 5.75 Å². The number of methoxy groups -OCH3 is 1. The zero-order valence-electron chi connectivity index (χ0n) is 16.7. The second-order valence-electron chi connectivity index (χ2n) is 8.32. The van der Waals surface area contributed by atoms with Crippen LogP contribution in [-0.2, 0) is 9.47 Å². The lowest BCUT2D eigenvalue weighted by molar-refractivity contribution is -0.184.